The van der Waals surface area contributed by atoms with Crippen LogP contribution in [0.3, 0.4) is 0 Å². The Bertz CT molecular complexity index is 307. The molecule has 0 aromatic carbocycles. The molecule has 1 aliphatic carbocycles. The van der Waals surface area contributed by atoms with Gasteiger partial charge in [0.15, 0.2) is 0 Å². The normalized spacial score (nSPS) is 27.5. The average molecular weight is 147 g/mol. The first-order valence-corrected chi connectivity index (χ1v) is 3.62. The van der Waals surface area contributed by atoms with Crippen LogP contribution < -0.4 is 0 Å². The summed E-state index contributed by atoms with van der Waals surface area (Å²) in [6.45, 7) is 4.15. The van der Waals surface area contributed by atoms with Crippen LogP contribution in [0.15, 0.2) is 38.7 Å². The standard InChI is InChI=1S/C8H9N3/c1-5-3-7-8(4-6(5)2)10-11-9-7/h3-4,7H,1-2H3. The molecule has 1 heterocycles. The number of nitrogens with zero attached hydrogens (tertiary/aromatic N) is 3. The van der Waals surface area contributed by atoms with Crippen LogP contribution in [0.5, 0.6) is 0 Å². The van der Waals surface area contributed by atoms with Crippen LogP contribution in [0, 0.1) is 0 Å². The topological polar surface area (TPSA) is 37.1 Å². The van der Waals surface area contributed by atoms with Crippen LogP contribution in [0.4, 0.5) is 0 Å². The number of hydrogen-bond acceptors (Lipinski definition) is 3. The highest BCUT2D eigenvalue weighted by Gasteiger charge is 2.19. The minimum absolute atomic E-state index is 0.0960. The molecule has 2 aliphatic rings. The highest BCUT2D eigenvalue weighted by molar-refractivity contribution is 6.03. The van der Waals surface area contributed by atoms with E-state index in [1.807, 2.05) is 6.08 Å². The van der Waals surface area contributed by atoms with Crippen molar-refractivity contribution >= 4 is 5.71 Å². The molecule has 56 valence electrons. The van der Waals surface area contributed by atoms with E-state index in [0.29, 0.717) is 0 Å². The molecule has 0 aromatic heterocycles. The first kappa shape index (κ1) is 6.46. The molecule has 0 spiro atoms. The maximum absolute atomic E-state index is 3.94. The Kier molecular flexibility index (Phi) is 1.24. The molecular formula is C8H9N3. The third-order valence-electron chi connectivity index (χ3n) is 2.03. The third-order valence-corrected chi connectivity index (χ3v) is 2.03. The Hall–Kier alpha value is -1.25. The van der Waals surface area contributed by atoms with Crippen molar-refractivity contribution in [1.29, 1.82) is 0 Å². The fraction of sp³-hybridized carbons (Fsp3) is 0.375. The van der Waals surface area contributed by atoms with Crippen molar-refractivity contribution in [2.45, 2.75) is 19.9 Å². The summed E-state index contributed by atoms with van der Waals surface area (Å²) in [6.07, 6.45) is 4.13. The zero-order valence-corrected chi connectivity index (χ0v) is 6.57. The molecule has 0 bridgehead atoms. The van der Waals surface area contributed by atoms with Crippen LogP contribution in [0.25, 0.3) is 0 Å². The Balaban J connectivity index is 2.43. The molecule has 0 saturated carbocycles. The van der Waals surface area contributed by atoms with Crippen molar-refractivity contribution in [1.82, 2.24) is 0 Å². The maximum atomic E-state index is 3.94. The number of fused-ring (bicyclic) bond motifs is 1. The Morgan fingerprint density at radius 2 is 2.09 bits per heavy atom. The Morgan fingerprint density at radius 3 is 2.91 bits per heavy atom. The summed E-state index contributed by atoms with van der Waals surface area (Å²) >= 11 is 0. The molecule has 3 heteroatoms. The zero-order valence-electron chi connectivity index (χ0n) is 6.57. The molecule has 1 unspecified atom stereocenters. The maximum Gasteiger partial charge on any atom is 0.135 e. The molecule has 0 fully saturated rings. The molecule has 2 rings (SSSR count). The minimum Gasteiger partial charge on any atom is -0.155 e. The average Bonchev–Trinajstić information content (AvgIpc) is 2.36. The van der Waals surface area contributed by atoms with Gasteiger partial charge in [0.1, 0.15) is 6.04 Å². The Labute approximate surface area is 65.2 Å². The zero-order chi connectivity index (χ0) is 7.84. The lowest BCUT2D eigenvalue weighted by Gasteiger charge is -2.11. The van der Waals surface area contributed by atoms with Crippen molar-refractivity contribution in [3.63, 3.8) is 0 Å². The summed E-state index contributed by atoms with van der Waals surface area (Å²) in [6, 6.07) is 0.0960. The van der Waals surface area contributed by atoms with E-state index in [4.69, 9.17) is 0 Å². The molecule has 0 saturated heterocycles. The summed E-state index contributed by atoms with van der Waals surface area (Å²) in [5.74, 6) is 0. The lowest BCUT2D eigenvalue weighted by atomic mass is 9.96. The van der Waals surface area contributed by atoms with Gasteiger partial charge < -0.3 is 0 Å². The van der Waals surface area contributed by atoms with E-state index >= 15 is 0 Å². The van der Waals surface area contributed by atoms with Gasteiger partial charge in [-0.25, -0.2) is 0 Å². The van der Waals surface area contributed by atoms with Gasteiger partial charge in [0, 0.05) is 0 Å². The van der Waals surface area contributed by atoms with Gasteiger partial charge in [-0.2, -0.15) is 5.11 Å². The molecule has 0 N–H and O–H groups in total. The van der Waals surface area contributed by atoms with E-state index in [1.54, 1.807) is 0 Å². The van der Waals surface area contributed by atoms with Gasteiger partial charge in [0.05, 0.1) is 5.71 Å². The van der Waals surface area contributed by atoms with Crippen LogP contribution >= 0.6 is 0 Å². The summed E-state index contributed by atoms with van der Waals surface area (Å²) in [5.41, 5.74) is 3.50. The lowest BCUT2D eigenvalue weighted by Crippen LogP contribution is -2.15. The first-order valence-electron chi connectivity index (χ1n) is 3.62. The SMILES string of the molecule is CC1=CC2=NN=NC2C=C1C. The third kappa shape index (κ3) is 0.926. The Morgan fingerprint density at radius 1 is 1.27 bits per heavy atom. The highest BCUT2D eigenvalue weighted by atomic mass is 15.4. The van der Waals surface area contributed by atoms with Gasteiger partial charge in [-0.1, -0.05) is 0 Å². The number of rotatable bonds is 0. The van der Waals surface area contributed by atoms with Gasteiger partial charge in [0.2, 0.25) is 0 Å². The van der Waals surface area contributed by atoms with Gasteiger partial charge in [-0.15, -0.1) is 5.10 Å². The van der Waals surface area contributed by atoms with Gasteiger partial charge in [-0.05, 0) is 42.4 Å². The second-order valence-corrected chi connectivity index (χ2v) is 2.85. The summed E-state index contributed by atoms with van der Waals surface area (Å²) in [4.78, 5) is 0. The molecule has 11 heavy (non-hydrogen) atoms. The van der Waals surface area contributed by atoms with Gasteiger partial charge in [-0.3, -0.25) is 0 Å². The molecule has 0 amide bonds. The fourth-order valence-electron chi connectivity index (χ4n) is 1.19. The molecule has 1 aliphatic heterocycles. The smallest absolute Gasteiger partial charge is 0.135 e. The fourth-order valence-corrected chi connectivity index (χ4v) is 1.19. The van der Waals surface area contributed by atoms with E-state index in [2.05, 4.69) is 35.4 Å². The van der Waals surface area contributed by atoms with Crippen molar-refractivity contribution in [3.8, 4) is 0 Å². The van der Waals surface area contributed by atoms with E-state index < -0.39 is 0 Å². The highest BCUT2D eigenvalue weighted by Crippen LogP contribution is 2.21. The van der Waals surface area contributed by atoms with Crippen LogP contribution in [-0.2, 0) is 0 Å². The van der Waals surface area contributed by atoms with E-state index in [9.17, 15) is 0 Å². The minimum atomic E-state index is 0.0960. The predicted octanol–water partition coefficient (Wildman–Crippen LogP) is 2.08. The predicted molar refractivity (Wildman–Crippen MR) is 43.6 cm³/mol. The van der Waals surface area contributed by atoms with Gasteiger partial charge >= 0.3 is 0 Å². The van der Waals surface area contributed by atoms with Crippen LogP contribution in [0.1, 0.15) is 13.8 Å². The quantitative estimate of drug-likeness (QED) is 0.503. The van der Waals surface area contributed by atoms with E-state index in [0.717, 1.165) is 5.71 Å². The molecule has 0 radical (unpaired) electrons. The molecule has 1 atom stereocenters. The molecular weight excluding hydrogens is 138 g/mol. The lowest BCUT2D eigenvalue weighted by molar-refractivity contribution is 0.964. The summed E-state index contributed by atoms with van der Waals surface area (Å²) in [5, 5.41) is 11.5. The second kappa shape index (κ2) is 2.12. The van der Waals surface area contributed by atoms with Crippen molar-refractivity contribution in [2.24, 2.45) is 15.4 Å². The monoisotopic (exact) mass is 147 g/mol. The van der Waals surface area contributed by atoms with Crippen molar-refractivity contribution in [2.75, 3.05) is 0 Å². The van der Waals surface area contributed by atoms with Gasteiger partial charge in [0.25, 0.3) is 0 Å². The van der Waals surface area contributed by atoms with Crippen molar-refractivity contribution in [3.05, 3.63) is 23.3 Å². The first-order chi connectivity index (χ1) is 5.27. The van der Waals surface area contributed by atoms with Crippen molar-refractivity contribution < 1.29 is 0 Å². The largest absolute Gasteiger partial charge is 0.155 e. The second-order valence-electron chi connectivity index (χ2n) is 2.85. The summed E-state index contributed by atoms with van der Waals surface area (Å²) < 4.78 is 0. The van der Waals surface area contributed by atoms with E-state index in [-0.39, 0.29) is 6.04 Å². The number of hydrogen-bond donors (Lipinski definition) is 0. The van der Waals surface area contributed by atoms with Crippen LogP contribution in [0.2, 0.25) is 0 Å². The number of allylic oxidation sites excluding steroid dienone is 2. The molecule has 3 nitrogen and oxygen atoms in total. The van der Waals surface area contributed by atoms with E-state index in [1.165, 1.54) is 11.1 Å². The van der Waals surface area contributed by atoms with Crippen LogP contribution in [-0.4, -0.2) is 11.8 Å². The summed E-state index contributed by atoms with van der Waals surface area (Å²) in [7, 11) is 0. The molecule has 0 aromatic rings.